The molecule has 1 aromatic carbocycles. The van der Waals surface area contributed by atoms with Gasteiger partial charge in [0.15, 0.2) is 0 Å². The summed E-state index contributed by atoms with van der Waals surface area (Å²) in [5.41, 5.74) is 2.38. The lowest BCUT2D eigenvalue weighted by atomic mass is 9.96. The lowest BCUT2D eigenvalue weighted by molar-refractivity contribution is 0.0981. The van der Waals surface area contributed by atoms with Crippen molar-refractivity contribution in [3.63, 3.8) is 0 Å². The van der Waals surface area contributed by atoms with Gasteiger partial charge in [-0.25, -0.2) is 4.79 Å². The summed E-state index contributed by atoms with van der Waals surface area (Å²) in [5.74, 6) is 0. The highest BCUT2D eigenvalue weighted by Gasteiger charge is 2.41. The molecule has 4 nitrogen and oxygen atoms in total. The first-order valence-electron chi connectivity index (χ1n) is 7.49. The van der Waals surface area contributed by atoms with Crippen LogP contribution in [0, 0.1) is 6.92 Å². The number of carbonyl (C=O) groups is 1. The van der Waals surface area contributed by atoms with Gasteiger partial charge in [0.05, 0.1) is 18.2 Å². The Hall–Kier alpha value is -1.20. The van der Waals surface area contributed by atoms with Crippen molar-refractivity contribution >= 4 is 17.8 Å². The Labute approximate surface area is 130 Å². The van der Waals surface area contributed by atoms with Crippen molar-refractivity contribution in [2.75, 3.05) is 6.26 Å². The highest BCUT2D eigenvalue weighted by molar-refractivity contribution is 7.98. The van der Waals surface area contributed by atoms with Crippen LogP contribution in [0.5, 0.6) is 0 Å². The Kier molecular flexibility index (Phi) is 4.40. The molecule has 21 heavy (non-hydrogen) atoms. The lowest BCUT2D eigenvalue weighted by Crippen LogP contribution is -2.46. The van der Waals surface area contributed by atoms with E-state index in [-0.39, 0.29) is 18.2 Å². The number of hydrogen-bond donors (Lipinski definition) is 2. The molecule has 1 aromatic rings. The van der Waals surface area contributed by atoms with E-state index < -0.39 is 0 Å². The minimum atomic E-state index is -0.0947. The number of urea groups is 1. The van der Waals surface area contributed by atoms with Gasteiger partial charge in [0.1, 0.15) is 0 Å². The van der Waals surface area contributed by atoms with Gasteiger partial charge in [-0.15, -0.1) is 11.8 Å². The molecule has 0 saturated carbocycles. The number of rotatable bonds is 4. The van der Waals surface area contributed by atoms with Gasteiger partial charge < -0.3 is 15.4 Å². The molecule has 2 aliphatic heterocycles. The van der Waals surface area contributed by atoms with Gasteiger partial charge in [-0.1, -0.05) is 12.1 Å². The number of aryl methyl sites for hydroxylation is 1. The van der Waals surface area contributed by atoms with Crippen LogP contribution in [0.3, 0.4) is 0 Å². The molecule has 2 amide bonds. The average Bonchev–Trinajstić information content (AvgIpc) is 3.08. The molecule has 3 atom stereocenters. The number of hydrogen-bond acceptors (Lipinski definition) is 3. The third kappa shape index (κ3) is 3.35. The van der Waals surface area contributed by atoms with Gasteiger partial charge in [-0.3, -0.25) is 0 Å². The number of amides is 2. The summed E-state index contributed by atoms with van der Waals surface area (Å²) >= 11 is 1.74. The van der Waals surface area contributed by atoms with Crippen LogP contribution in [0.15, 0.2) is 23.1 Å². The molecule has 2 heterocycles. The summed E-state index contributed by atoms with van der Waals surface area (Å²) < 4.78 is 5.74. The molecule has 5 heteroatoms. The van der Waals surface area contributed by atoms with Crippen molar-refractivity contribution in [1.82, 2.24) is 10.6 Å². The number of nitrogens with one attached hydrogen (secondary N) is 2. The Morgan fingerprint density at radius 3 is 2.90 bits per heavy atom. The Bertz CT molecular complexity index is 535. The highest BCUT2D eigenvalue weighted by atomic mass is 32.2. The fraction of sp³-hybridized carbons (Fsp3) is 0.562. The molecule has 0 radical (unpaired) electrons. The molecule has 0 aliphatic carbocycles. The van der Waals surface area contributed by atoms with E-state index in [4.69, 9.17) is 4.74 Å². The van der Waals surface area contributed by atoms with Gasteiger partial charge >= 0.3 is 6.03 Å². The summed E-state index contributed by atoms with van der Waals surface area (Å²) in [4.78, 5) is 13.3. The van der Waals surface area contributed by atoms with E-state index >= 15 is 0 Å². The Balaban J connectivity index is 1.48. The monoisotopic (exact) mass is 306 g/mol. The summed E-state index contributed by atoms with van der Waals surface area (Å²) in [5, 5.41) is 5.98. The SMILES string of the molecule is CSc1ccc(CNC(=O)N[C@@H]2C[C@H]3CC[C@H]2O3)cc1C. The first-order chi connectivity index (χ1) is 10.2. The summed E-state index contributed by atoms with van der Waals surface area (Å²) in [6.07, 6.45) is 5.84. The predicted molar refractivity (Wildman–Crippen MR) is 84.6 cm³/mol. The van der Waals surface area contributed by atoms with Crippen LogP contribution in [0.1, 0.15) is 30.4 Å². The van der Waals surface area contributed by atoms with E-state index in [9.17, 15) is 4.79 Å². The van der Waals surface area contributed by atoms with Crippen molar-refractivity contribution in [1.29, 1.82) is 0 Å². The van der Waals surface area contributed by atoms with E-state index in [0.29, 0.717) is 12.6 Å². The maximum absolute atomic E-state index is 12.0. The summed E-state index contributed by atoms with van der Waals surface area (Å²) in [6, 6.07) is 6.40. The van der Waals surface area contributed by atoms with Crippen LogP contribution in [0.25, 0.3) is 0 Å². The van der Waals surface area contributed by atoms with Crippen molar-refractivity contribution in [2.24, 2.45) is 0 Å². The van der Waals surface area contributed by atoms with E-state index in [0.717, 1.165) is 24.8 Å². The second-order valence-electron chi connectivity index (χ2n) is 5.85. The van der Waals surface area contributed by atoms with Crippen LogP contribution in [0.2, 0.25) is 0 Å². The maximum atomic E-state index is 12.0. The first kappa shape index (κ1) is 14.7. The molecule has 2 fully saturated rings. The van der Waals surface area contributed by atoms with Crippen molar-refractivity contribution in [3.05, 3.63) is 29.3 Å². The molecular weight excluding hydrogens is 284 g/mol. The number of benzene rings is 1. The zero-order valence-corrected chi connectivity index (χ0v) is 13.3. The maximum Gasteiger partial charge on any atom is 0.315 e. The average molecular weight is 306 g/mol. The molecule has 2 N–H and O–H groups in total. The summed E-state index contributed by atoms with van der Waals surface area (Å²) in [7, 11) is 0. The zero-order valence-electron chi connectivity index (χ0n) is 12.5. The van der Waals surface area contributed by atoms with Crippen molar-refractivity contribution in [2.45, 2.75) is 55.9 Å². The lowest BCUT2D eigenvalue weighted by Gasteiger charge is -2.20. The second-order valence-corrected chi connectivity index (χ2v) is 6.70. The largest absolute Gasteiger partial charge is 0.373 e. The molecule has 2 bridgehead atoms. The minimum Gasteiger partial charge on any atom is -0.373 e. The quantitative estimate of drug-likeness (QED) is 0.841. The van der Waals surface area contributed by atoms with Gasteiger partial charge in [-0.05, 0) is 49.6 Å². The van der Waals surface area contributed by atoms with E-state index in [1.54, 1.807) is 11.8 Å². The molecule has 114 valence electrons. The fourth-order valence-corrected chi connectivity index (χ4v) is 3.83. The molecule has 0 aromatic heterocycles. The topological polar surface area (TPSA) is 50.4 Å². The van der Waals surface area contributed by atoms with Gasteiger partial charge in [0.25, 0.3) is 0 Å². The van der Waals surface area contributed by atoms with Gasteiger partial charge in [0, 0.05) is 11.4 Å². The molecule has 0 spiro atoms. The van der Waals surface area contributed by atoms with Crippen molar-refractivity contribution < 1.29 is 9.53 Å². The number of fused-ring (bicyclic) bond motifs is 2. The molecule has 2 aliphatic rings. The van der Waals surface area contributed by atoms with Gasteiger partial charge in [0.2, 0.25) is 0 Å². The Morgan fingerprint density at radius 2 is 2.29 bits per heavy atom. The van der Waals surface area contributed by atoms with Gasteiger partial charge in [-0.2, -0.15) is 0 Å². The predicted octanol–water partition coefficient (Wildman–Crippen LogP) is 2.84. The molecule has 3 rings (SSSR count). The number of thioether (sulfide) groups is 1. The van der Waals surface area contributed by atoms with Crippen LogP contribution in [-0.2, 0) is 11.3 Å². The van der Waals surface area contributed by atoms with Crippen LogP contribution in [0.4, 0.5) is 4.79 Å². The van der Waals surface area contributed by atoms with E-state index in [2.05, 4.69) is 42.0 Å². The highest BCUT2D eigenvalue weighted by Crippen LogP contribution is 2.34. The first-order valence-corrected chi connectivity index (χ1v) is 8.71. The fourth-order valence-electron chi connectivity index (χ4n) is 3.24. The van der Waals surface area contributed by atoms with Crippen LogP contribution in [-0.4, -0.2) is 30.5 Å². The zero-order chi connectivity index (χ0) is 14.8. The van der Waals surface area contributed by atoms with E-state index in [1.165, 1.54) is 10.5 Å². The standard InChI is InChI=1S/C16H22N2O2S/c1-10-7-11(3-6-15(10)21-2)9-17-16(19)18-13-8-12-4-5-14(13)20-12/h3,6-7,12-14H,4-5,8-9H2,1-2H3,(H2,17,18,19)/t12-,13-,14-/m1/s1. The second kappa shape index (κ2) is 6.28. The number of carbonyl (C=O) groups excluding carboxylic acids is 1. The Morgan fingerprint density at radius 1 is 1.43 bits per heavy atom. The third-order valence-electron chi connectivity index (χ3n) is 4.33. The third-order valence-corrected chi connectivity index (χ3v) is 5.23. The normalized spacial score (nSPS) is 26.9. The molecule has 2 saturated heterocycles. The van der Waals surface area contributed by atoms with Crippen molar-refractivity contribution in [3.8, 4) is 0 Å². The smallest absolute Gasteiger partial charge is 0.315 e. The molecular formula is C16H22N2O2S. The summed E-state index contributed by atoms with van der Waals surface area (Å²) in [6.45, 7) is 2.66. The van der Waals surface area contributed by atoms with E-state index in [1.807, 2.05) is 0 Å². The van der Waals surface area contributed by atoms with Crippen LogP contribution < -0.4 is 10.6 Å². The van der Waals surface area contributed by atoms with Crippen LogP contribution >= 0.6 is 11.8 Å². The number of ether oxygens (including phenoxy) is 1. The molecule has 0 unspecified atom stereocenters. The minimum absolute atomic E-state index is 0.0947.